The van der Waals surface area contributed by atoms with Crippen molar-refractivity contribution in [2.24, 2.45) is 5.41 Å². The molecule has 0 aliphatic carbocycles. The van der Waals surface area contributed by atoms with Crippen LogP contribution in [-0.4, -0.2) is 31.4 Å². The maximum absolute atomic E-state index is 12.4. The third-order valence-electron chi connectivity index (χ3n) is 4.52. The number of carbonyl (C=O) groups excluding carboxylic acids is 2. The van der Waals surface area contributed by atoms with Crippen LogP contribution in [0.15, 0.2) is 24.3 Å². The van der Waals surface area contributed by atoms with Crippen molar-refractivity contribution in [3.05, 3.63) is 24.3 Å². The predicted octanol–water partition coefficient (Wildman–Crippen LogP) is 3.17. The van der Waals surface area contributed by atoms with Crippen LogP contribution in [0.5, 0.6) is 0 Å². The highest BCUT2D eigenvalue weighted by Gasteiger charge is 2.35. The average Bonchev–Trinajstić information content (AvgIpc) is 2.60. The van der Waals surface area contributed by atoms with Crippen molar-refractivity contribution in [2.45, 2.75) is 46.5 Å². The van der Waals surface area contributed by atoms with Gasteiger partial charge < -0.3 is 15.5 Å². The zero-order chi connectivity index (χ0) is 17.6. The van der Waals surface area contributed by atoms with E-state index in [0.717, 1.165) is 25.2 Å². The summed E-state index contributed by atoms with van der Waals surface area (Å²) >= 11 is 0. The summed E-state index contributed by atoms with van der Waals surface area (Å²) in [6, 6.07) is 7.87. The second kappa shape index (κ2) is 8.18. The summed E-state index contributed by atoms with van der Waals surface area (Å²) in [5.74, 6) is -0.534. The Morgan fingerprint density at radius 1 is 1.04 bits per heavy atom. The van der Waals surface area contributed by atoms with Gasteiger partial charge in [0.2, 0.25) is 11.8 Å². The summed E-state index contributed by atoms with van der Waals surface area (Å²) in [5.41, 5.74) is 0.811. The van der Waals surface area contributed by atoms with E-state index in [2.05, 4.69) is 15.5 Å². The largest absolute Gasteiger partial charge is 0.372 e. The molecule has 5 heteroatoms. The minimum absolute atomic E-state index is 0.244. The van der Waals surface area contributed by atoms with E-state index in [1.54, 1.807) is 13.8 Å². The van der Waals surface area contributed by atoms with Crippen LogP contribution < -0.4 is 15.5 Å². The molecule has 1 aliphatic rings. The molecule has 1 saturated heterocycles. The van der Waals surface area contributed by atoms with Crippen LogP contribution in [0.1, 0.15) is 46.5 Å². The van der Waals surface area contributed by atoms with E-state index in [-0.39, 0.29) is 11.8 Å². The smallest absolute Gasteiger partial charge is 0.239 e. The lowest BCUT2D eigenvalue weighted by Gasteiger charge is -2.29. The highest BCUT2D eigenvalue weighted by Crippen LogP contribution is 2.23. The molecular weight excluding hydrogens is 302 g/mol. The Hall–Kier alpha value is -2.04. The minimum atomic E-state index is -1.10. The molecule has 132 valence electrons. The van der Waals surface area contributed by atoms with Gasteiger partial charge >= 0.3 is 0 Å². The Labute approximate surface area is 144 Å². The lowest BCUT2D eigenvalue weighted by Crippen LogP contribution is -2.45. The van der Waals surface area contributed by atoms with E-state index >= 15 is 0 Å². The van der Waals surface area contributed by atoms with E-state index in [1.807, 2.05) is 31.2 Å². The van der Waals surface area contributed by atoms with Crippen LogP contribution in [-0.2, 0) is 9.59 Å². The third kappa shape index (κ3) is 4.49. The fraction of sp³-hybridized carbons (Fsp3) is 0.579. The molecule has 0 spiro atoms. The molecule has 0 aromatic heterocycles. The topological polar surface area (TPSA) is 61.4 Å². The lowest BCUT2D eigenvalue weighted by molar-refractivity contribution is -0.138. The van der Waals surface area contributed by atoms with Crippen molar-refractivity contribution in [1.82, 2.24) is 5.32 Å². The Kier molecular flexibility index (Phi) is 6.23. The van der Waals surface area contributed by atoms with Crippen LogP contribution in [0.3, 0.4) is 0 Å². The molecule has 0 atom stereocenters. The number of anilines is 2. The van der Waals surface area contributed by atoms with E-state index in [1.165, 1.54) is 24.9 Å². The first-order valence-corrected chi connectivity index (χ1v) is 8.90. The first-order chi connectivity index (χ1) is 11.4. The number of benzene rings is 1. The number of hydrogen-bond acceptors (Lipinski definition) is 3. The molecule has 2 N–H and O–H groups in total. The fourth-order valence-electron chi connectivity index (χ4n) is 2.76. The van der Waals surface area contributed by atoms with Gasteiger partial charge in [-0.05, 0) is 63.8 Å². The first kappa shape index (κ1) is 18.3. The molecule has 5 nitrogen and oxygen atoms in total. The zero-order valence-corrected chi connectivity index (χ0v) is 15.0. The molecule has 1 aromatic carbocycles. The van der Waals surface area contributed by atoms with Crippen LogP contribution in [0, 0.1) is 5.41 Å². The standard InChI is InChI=1S/C19H29N3O2/c1-4-12-20-17(23)19(2,3)18(24)21-15-8-10-16(11-9-15)22-13-6-5-7-14-22/h8-11H,4-7,12-14H2,1-3H3,(H,20,23)(H,21,24). The molecule has 0 saturated carbocycles. The monoisotopic (exact) mass is 331 g/mol. The van der Waals surface area contributed by atoms with Crippen molar-refractivity contribution < 1.29 is 9.59 Å². The molecule has 0 bridgehead atoms. The maximum atomic E-state index is 12.4. The van der Waals surface area contributed by atoms with Gasteiger partial charge in [0.05, 0.1) is 0 Å². The van der Waals surface area contributed by atoms with Gasteiger partial charge in [-0.1, -0.05) is 6.92 Å². The molecule has 1 fully saturated rings. The van der Waals surface area contributed by atoms with Gasteiger partial charge in [-0.2, -0.15) is 0 Å². The van der Waals surface area contributed by atoms with Crippen LogP contribution in [0.4, 0.5) is 11.4 Å². The molecule has 24 heavy (non-hydrogen) atoms. The summed E-state index contributed by atoms with van der Waals surface area (Å²) in [7, 11) is 0. The maximum Gasteiger partial charge on any atom is 0.239 e. The third-order valence-corrected chi connectivity index (χ3v) is 4.52. The number of piperidine rings is 1. The molecule has 0 radical (unpaired) electrons. The van der Waals surface area contributed by atoms with Crippen molar-refractivity contribution in [3.63, 3.8) is 0 Å². The highest BCUT2D eigenvalue weighted by molar-refractivity contribution is 6.09. The summed E-state index contributed by atoms with van der Waals surface area (Å²) in [6.45, 7) is 8.05. The average molecular weight is 331 g/mol. The second-order valence-corrected chi connectivity index (χ2v) is 6.93. The molecule has 1 aromatic rings. The van der Waals surface area contributed by atoms with E-state index in [9.17, 15) is 9.59 Å². The van der Waals surface area contributed by atoms with Crippen LogP contribution >= 0.6 is 0 Å². The SMILES string of the molecule is CCCNC(=O)C(C)(C)C(=O)Nc1ccc(N2CCCCC2)cc1. The molecule has 2 rings (SSSR count). The summed E-state index contributed by atoms with van der Waals surface area (Å²) in [4.78, 5) is 27.0. The summed E-state index contributed by atoms with van der Waals surface area (Å²) in [5, 5.41) is 5.64. The zero-order valence-electron chi connectivity index (χ0n) is 15.0. The van der Waals surface area contributed by atoms with Gasteiger partial charge in [0.25, 0.3) is 0 Å². The molecule has 0 unspecified atom stereocenters. The van der Waals surface area contributed by atoms with Crippen LogP contribution in [0.2, 0.25) is 0 Å². The number of rotatable bonds is 6. The number of carbonyl (C=O) groups is 2. The van der Waals surface area contributed by atoms with Crippen LogP contribution in [0.25, 0.3) is 0 Å². The Morgan fingerprint density at radius 2 is 1.67 bits per heavy atom. The van der Waals surface area contributed by atoms with Crippen molar-refractivity contribution >= 4 is 23.2 Å². The number of nitrogens with one attached hydrogen (secondary N) is 2. The van der Waals surface area contributed by atoms with Gasteiger partial charge in [-0.25, -0.2) is 0 Å². The van der Waals surface area contributed by atoms with Gasteiger partial charge in [-0.15, -0.1) is 0 Å². The Balaban J connectivity index is 1.97. The van der Waals surface area contributed by atoms with E-state index in [0.29, 0.717) is 6.54 Å². The molecule has 1 heterocycles. The summed E-state index contributed by atoms with van der Waals surface area (Å²) in [6.07, 6.45) is 4.63. The molecule has 2 amide bonds. The van der Waals surface area contributed by atoms with Gasteiger partial charge in [-0.3, -0.25) is 9.59 Å². The lowest BCUT2D eigenvalue weighted by atomic mass is 9.91. The normalized spacial score (nSPS) is 15.0. The Bertz CT molecular complexity index is 560. The quantitative estimate of drug-likeness (QED) is 0.787. The predicted molar refractivity (Wildman–Crippen MR) is 98.2 cm³/mol. The number of amides is 2. The van der Waals surface area contributed by atoms with Gasteiger partial charge in [0, 0.05) is 31.0 Å². The van der Waals surface area contributed by atoms with Crippen molar-refractivity contribution in [2.75, 3.05) is 29.9 Å². The minimum Gasteiger partial charge on any atom is -0.372 e. The summed E-state index contributed by atoms with van der Waals surface area (Å²) < 4.78 is 0. The fourth-order valence-corrected chi connectivity index (χ4v) is 2.76. The van der Waals surface area contributed by atoms with E-state index < -0.39 is 5.41 Å². The van der Waals surface area contributed by atoms with Gasteiger partial charge in [0.15, 0.2) is 0 Å². The van der Waals surface area contributed by atoms with Crippen molar-refractivity contribution in [3.8, 4) is 0 Å². The highest BCUT2D eigenvalue weighted by atomic mass is 16.2. The number of hydrogen-bond donors (Lipinski definition) is 2. The Morgan fingerprint density at radius 3 is 2.25 bits per heavy atom. The molecular formula is C19H29N3O2. The van der Waals surface area contributed by atoms with E-state index in [4.69, 9.17) is 0 Å². The molecule has 1 aliphatic heterocycles. The second-order valence-electron chi connectivity index (χ2n) is 6.93. The van der Waals surface area contributed by atoms with Gasteiger partial charge in [0.1, 0.15) is 5.41 Å². The van der Waals surface area contributed by atoms with Crippen molar-refractivity contribution in [1.29, 1.82) is 0 Å². The first-order valence-electron chi connectivity index (χ1n) is 8.90. The number of nitrogens with zero attached hydrogens (tertiary/aromatic N) is 1.